The quantitative estimate of drug-likeness (QED) is 0.360. The fourth-order valence-corrected chi connectivity index (χ4v) is 3.18. The molecule has 0 saturated carbocycles. The fourth-order valence-electron chi connectivity index (χ4n) is 2.99. The zero-order chi connectivity index (χ0) is 23.6. The highest BCUT2D eigenvalue weighted by atomic mass is 35.5. The maximum atomic E-state index is 12.5. The molecule has 6 nitrogen and oxygen atoms in total. The lowest BCUT2D eigenvalue weighted by molar-refractivity contribution is -0.118. The highest BCUT2D eigenvalue weighted by molar-refractivity contribution is 6.30. The van der Waals surface area contributed by atoms with Crippen molar-refractivity contribution >= 4 is 35.2 Å². The number of nitrogens with one attached hydrogen (secondary N) is 2. The Hall–Kier alpha value is -4.08. The molecule has 0 radical (unpaired) electrons. The van der Waals surface area contributed by atoms with Crippen LogP contribution < -0.4 is 15.4 Å². The van der Waals surface area contributed by atoms with Gasteiger partial charge < -0.3 is 15.4 Å². The third kappa shape index (κ3) is 7.23. The summed E-state index contributed by atoms with van der Waals surface area (Å²) in [5, 5.41) is 15.5. The van der Waals surface area contributed by atoms with E-state index in [-0.39, 0.29) is 24.1 Å². The number of nitriles is 1. The van der Waals surface area contributed by atoms with Crippen molar-refractivity contribution < 1.29 is 14.3 Å². The van der Waals surface area contributed by atoms with Crippen molar-refractivity contribution in [2.75, 3.05) is 11.9 Å². The van der Waals surface area contributed by atoms with Gasteiger partial charge in [-0.15, -0.1) is 0 Å². The smallest absolute Gasteiger partial charge is 0.262 e. The molecule has 7 heteroatoms. The summed E-state index contributed by atoms with van der Waals surface area (Å²) in [7, 11) is 0. The van der Waals surface area contributed by atoms with E-state index in [4.69, 9.17) is 16.3 Å². The van der Waals surface area contributed by atoms with Crippen molar-refractivity contribution in [3.05, 3.63) is 101 Å². The van der Waals surface area contributed by atoms with Gasteiger partial charge in [-0.2, -0.15) is 5.26 Å². The molecule has 0 aliphatic rings. The summed E-state index contributed by atoms with van der Waals surface area (Å²) in [6, 6.07) is 24.8. The van der Waals surface area contributed by atoms with Crippen LogP contribution in [-0.2, 0) is 9.59 Å². The van der Waals surface area contributed by atoms with Gasteiger partial charge >= 0.3 is 0 Å². The molecule has 0 aliphatic carbocycles. The summed E-state index contributed by atoms with van der Waals surface area (Å²) in [5.74, 6) is -0.293. The average Bonchev–Trinajstić information content (AvgIpc) is 2.82. The zero-order valence-corrected chi connectivity index (χ0v) is 18.7. The maximum Gasteiger partial charge on any atom is 0.262 e. The third-order valence-corrected chi connectivity index (χ3v) is 4.92. The highest BCUT2D eigenvalue weighted by Crippen LogP contribution is 2.17. The first-order valence-corrected chi connectivity index (χ1v) is 10.6. The number of ether oxygens (including phenoxy) is 1. The molecule has 0 saturated heterocycles. The normalized spacial score (nSPS) is 11.7. The van der Waals surface area contributed by atoms with E-state index in [0.29, 0.717) is 22.0 Å². The van der Waals surface area contributed by atoms with Gasteiger partial charge in [0, 0.05) is 10.7 Å². The molecular weight excluding hydrogens is 438 g/mol. The van der Waals surface area contributed by atoms with Crippen molar-refractivity contribution in [1.29, 1.82) is 5.26 Å². The largest absolute Gasteiger partial charge is 0.484 e. The van der Waals surface area contributed by atoms with E-state index in [1.165, 1.54) is 6.08 Å². The van der Waals surface area contributed by atoms with Crippen LogP contribution in [0.1, 0.15) is 24.1 Å². The summed E-state index contributed by atoms with van der Waals surface area (Å²) >= 11 is 5.90. The maximum absolute atomic E-state index is 12.5. The molecule has 2 amide bonds. The van der Waals surface area contributed by atoms with Crippen LogP contribution in [0.15, 0.2) is 84.4 Å². The Balaban J connectivity index is 1.56. The van der Waals surface area contributed by atoms with Crippen LogP contribution in [0, 0.1) is 11.3 Å². The topological polar surface area (TPSA) is 91.2 Å². The first kappa shape index (κ1) is 23.6. The predicted octanol–water partition coefficient (Wildman–Crippen LogP) is 5.14. The van der Waals surface area contributed by atoms with E-state index in [0.717, 1.165) is 5.56 Å². The summed E-state index contributed by atoms with van der Waals surface area (Å²) in [4.78, 5) is 24.5. The summed E-state index contributed by atoms with van der Waals surface area (Å²) in [6.45, 7) is 1.68. The second-order valence-electron chi connectivity index (χ2n) is 7.19. The molecule has 3 rings (SSSR count). The van der Waals surface area contributed by atoms with Gasteiger partial charge in [0.05, 0.1) is 6.04 Å². The molecule has 1 atom stereocenters. The van der Waals surface area contributed by atoms with Crippen LogP contribution in [0.2, 0.25) is 5.02 Å². The molecule has 0 unspecified atom stereocenters. The molecule has 3 aromatic rings. The van der Waals surface area contributed by atoms with E-state index in [1.54, 1.807) is 48.5 Å². The first-order chi connectivity index (χ1) is 15.9. The molecule has 0 bridgehead atoms. The van der Waals surface area contributed by atoms with E-state index in [1.807, 2.05) is 43.3 Å². The number of halogens is 1. The van der Waals surface area contributed by atoms with Crippen LogP contribution in [0.4, 0.5) is 5.69 Å². The number of carbonyl (C=O) groups excluding carboxylic acids is 2. The highest BCUT2D eigenvalue weighted by Gasteiger charge is 2.13. The Morgan fingerprint density at radius 1 is 1.06 bits per heavy atom. The second kappa shape index (κ2) is 11.5. The van der Waals surface area contributed by atoms with Gasteiger partial charge in [0.15, 0.2) is 6.61 Å². The minimum Gasteiger partial charge on any atom is -0.484 e. The molecule has 2 N–H and O–H groups in total. The third-order valence-electron chi connectivity index (χ3n) is 4.68. The number of anilines is 1. The Morgan fingerprint density at radius 2 is 1.79 bits per heavy atom. The standard InChI is InChI=1S/C26H22ClN3O3/c1-18(20-6-3-2-4-7-20)29-26(32)21(16-28)14-19-10-12-24(13-11-19)33-17-25(31)30-23-9-5-8-22(27)15-23/h2-15,18H,17H2,1H3,(H,29,32)(H,30,31)/b21-14+/t18-/m1/s1. The summed E-state index contributed by atoms with van der Waals surface area (Å²) < 4.78 is 5.50. The number of carbonyl (C=O) groups is 2. The van der Waals surface area contributed by atoms with E-state index in [2.05, 4.69) is 10.6 Å². The van der Waals surface area contributed by atoms with Crippen LogP contribution in [0.5, 0.6) is 5.75 Å². The van der Waals surface area contributed by atoms with Crippen molar-refractivity contribution in [3.8, 4) is 11.8 Å². The Kier molecular flexibility index (Phi) is 8.23. The molecule has 0 aromatic heterocycles. The van der Waals surface area contributed by atoms with Crippen LogP contribution >= 0.6 is 11.6 Å². The summed E-state index contributed by atoms with van der Waals surface area (Å²) in [5.41, 5.74) is 2.18. The number of rotatable bonds is 8. The number of benzene rings is 3. The van der Waals surface area contributed by atoms with E-state index >= 15 is 0 Å². The van der Waals surface area contributed by atoms with Gasteiger partial charge in [-0.3, -0.25) is 9.59 Å². The Bertz CT molecular complexity index is 1190. The molecule has 3 aromatic carbocycles. The van der Waals surface area contributed by atoms with Crippen molar-refractivity contribution in [3.63, 3.8) is 0 Å². The lowest BCUT2D eigenvalue weighted by atomic mass is 10.1. The second-order valence-corrected chi connectivity index (χ2v) is 7.63. The number of hydrogen-bond donors (Lipinski definition) is 2. The number of nitrogens with zero attached hydrogens (tertiary/aromatic N) is 1. The van der Waals surface area contributed by atoms with Gasteiger partial charge in [-0.05, 0) is 54.5 Å². The molecule has 0 fully saturated rings. The molecule has 33 heavy (non-hydrogen) atoms. The minimum absolute atomic E-state index is 0.00708. The lowest BCUT2D eigenvalue weighted by Gasteiger charge is -2.13. The van der Waals surface area contributed by atoms with Gasteiger partial charge in [0.25, 0.3) is 11.8 Å². The number of amides is 2. The molecule has 166 valence electrons. The van der Waals surface area contributed by atoms with Crippen molar-refractivity contribution in [2.45, 2.75) is 13.0 Å². The van der Waals surface area contributed by atoms with Gasteiger partial charge in [0.1, 0.15) is 17.4 Å². The van der Waals surface area contributed by atoms with E-state index < -0.39 is 5.91 Å². The summed E-state index contributed by atoms with van der Waals surface area (Å²) in [6.07, 6.45) is 1.50. The molecular formula is C26H22ClN3O3. The fraction of sp³-hybridized carbons (Fsp3) is 0.115. The Labute approximate surface area is 197 Å². The van der Waals surface area contributed by atoms with Crippen molar-refractivity contribution in [2.24, 2.45) is 0 Å². The van der Waals surface area contributed by atoms with Gasteiger partial charge in [-0.25, -0.2) is 0 Å². The van der Waals surface area contributed by atoms with Gasteiger partial charge in [0.2, 0.25) is 0 Å². The van der Waals surface area contributed by atoms with Crippen LogP contribution in [-0.4, -0.2) is 18.4 Å². The molecule has 0 aliphatic heterocycles. The zero-order valence-electron chi connectivity index (χ0n) is 17.9. The SMILES string of the molecule is C[C@@H](NC(=O)/C(C#N)=C/c1ccc(OCC(=O)Nc2cccc(Cl)c2)cc1)c1ccccc1. The van der Waals surface area contributed by atoms with Gasteiger partial charge in [-0.1, -0.05) is 60.1 Å². The number of hydrogen-bond acceptors (Lipinski definition) is 4. The molecule has 0 heterocycles. The average molecular weight is 460 g/mol. The minimum atomic E-state index is -0.452. The lowest BCUT2D eigenvalue weighted by Crippen LogP contribution is -2.27. The Morgan fingerprint density at radius 3 is 2.45 bits per heavy atom. The van der Waals surface area contributed by atoms with E-state index in [9.17, 15) is 14.9 Å². The first-order valence-electron chi connectivity index (χ1n) is 10.2. The van der Waals surface area contributed by atoms with Crippen molar-refractivity contribution in [1.82, 2.24) is 5.32 Å². The predicted molar refractivity (Wildman–Crippen MR) is 129 cm³/mol. The van der Waals surface area contributed by atoms with Crippen LogP contribution in [0.3, 0.4) is 0 Å². The molecule has 0 spiro atoms. The monoisotopic (exact) mass is 459 g/mol. The van der Waals surface area contributed by atoms with Crippen LogP contribution in [0.25, 0.3) is 6.08 Å².